The molecule has 10 heteroatoms. The summed E-state index contributed by atoms with van der Waals surface area (Å²) in [7, 11) is -4.16. The van der Waals surface area contributed by atoms with Crippen molar-refractivity contribution in [2.24, 2.45) is 0 Å². The molecule has 0 spiro atoms. The molecule has 2 aliphatic rings. The van der Waals surface area contributed by atoms with Crippen LogP contribution in [-0.2, 0) is 10.0 Å². The summed E-state index contributed by atoms with van der Waals surface area (Å²) in [4.78, 5) is 3.65. The number of fused-ring (bicyclic) bond motifs is 2. The van der Waals surface area contributed by atoms with Crippen LogP contribution >= 0.6 is 0 Å². The number of hydrogen-bond donors (Lipinski definition) is 0. The Morgan fingerprint density at radius 3 is 2.28 bits per heavy atom. The number of aromatic nitrogens is 1. The molecule has 2 atom stereocenters. The molecule has 2 unspecified atom stereocenters. The van der Waals surface area contributed by atoms with Gasteiger partial charge in [0.1, 0.15) is 16.7 Å². The van der Waals surface area contributed by atoms with Gasteiger partial charge in [0, 0.05) is 37.2 Å². The summed E-state index contributed by atoms with van der Waals surface area (Å²) < 4.78 is 75.8. The van der Waals surface area contributed by atoms with Gasteiger partial charge in [-0.15, -0.1) is 13.2 Å². The van der Waals surface area contributed by atoms with Gasteiger partial charge >= 0.3 is 6.36 Å². The summed E-state index contributed by atoms with van der Waals surface area (Å²) in [6.45, 7) is 0. The van der Waals surface area contributed by atoms with Gasteiger partial charge in [0.2, 0.25) is 15.9 Å². The highest BCUT2D eigenvalue weighted by Gasteiger charge is 2.49. The number of para-hydroxylation sites is 1. The van der Waals surface area contributed by atoms with Crippen LogP contribution in [0.1, 0.15) is 25.7 Å². The van der Waals surface area contributed by atoms with Gasteiger partial charge in [-0.1, -0.05) is 18.2 Å². The van der Waals surface area contributed by atoms with E-state index in [0.717, 1.165) is 12.1 Å². The number of alkyl halides is 3. The highest BCUT2D eigenvalue weighted by atomic mass is 32.2. The van der Waals surface area contributed by atoms with Crippen LogP contribution in [0.2, 0.25) is 0 Å². The van der Waals surface area contributed by atoms with Crippen LogP contribution in [-0.4, -0.2) is 42.3 Å². The molecule has 2 bridgehead atoms. The molecule has 0 aliphatic carbocycles. The topological polar surface area (TPSA) is 68.7 Å². The molecular weight excluding hydrogens is 409 g/mol. The number of sulfonamides is 1. The minimum atomic E-state index is -4.98. The van der Waals surface area contributed by atoms with Crippen molar-refractivity contribution < 1.29 is 31.1 Å². The number of nitrogens with zero attached hydrogens (tertiary/aromatic N) is 2. The number of pyridine rings is 1. The lowest BCUT2D eigenvalue weighted by atomic mass is 10.0. The Morgan fingerprint density at radius 2 is 1.66 bits per heavy atom. The fraction of sp³-hybridized carbons (Fsp3) is 0.421. The predicted molar refractivity (Wildman–Crippen MR) is 96.8 cm³/mol. The molecule has 1 aromatic carbocycles. The van der Waals surface area contributed by atoms with Crippen LogP contribution in [0.3, 0.4) is 0 Å². The second-order valence-electron chi connectivity index (χ2n) is 7.09. The van der Waals surface area contributed by atoms with Crippen molar-refractivity contribution in [2.45, 2.75) is 55.1 Å². The average Bonchev–Trinajstić information content (AvgIpc) is 2.94. The van der Waals surface area contributed by atoms with Crippen LogP contribution in [0.4, 0.5) is 13.2 Å². The highest BCUT2D eigenvalue weighted by molar-refractivity contribution is 7.89. The first-order valence-corrected chi connectivity index (χ1v) is 10.6. The Kier molecular flexibility index (Phi) is 5.16. The Labute approximate surface area is 166 Å². The fourth-order valence-electron chi connectivity index (χ4n) is 4.15. The lowest BCUT2D eigenvalue weighted by molar-refractivity contribution is -0.275. The van der Waals surface area contributed by atoms with Crippen LogP contribution in [0.15, 0.2) is 53.6 Å². The Balaban J connectivity index is 1.57. The minimum absolute atomic E-state index is 0.199. The van der Waals surface area contributed by atoms with E-state index in [2.05, 4.69) is 9.72 Å². The first kappa shape index (κ1) is 20.0. The normalized spacial score (nSPS) is 25.0. The molecule has 4 rings (SSSR count). The van der Waals surface area contributed by atoms with E-state index in [1.54, 1.807) is 24.4 Å². The van der Waals surface area contributed by atoms with Gasteiger partial charge < -0.3 is 9.47 Å². The van der Waals surface area contributed by atoms with Crippen LogP contribution in [0, 0.1) is 0 Å². The molecule has 29 heavy (non-hydrogen) atoms. The van der Waals surface area contributed by atoms with Gasteiger partial charge in [-0.25, -0.2) is 13.4 Å². The molecule has 2 aliphatic heterocycles. The maximum Gasteiger partial charge on any atom is 0.573 e. The largest absolute Gasteiger partial charge is 0.573 e. The van der Waals surface area contributed by atoms with E-state index in [0.29, 0.717) is 31.6 Å². The van der Waals surface area contributed by atoms with Gasteiger partial charge in [0.25, 0.3) is 0 Å². The first-order chi connectivity index (χ1) is 13.7. The van der Waals surface area contributed by atoms with Crippen molar-refractivity contribution in [1.29, 1.82) is 0 Å². The van der Waals surface area contributed by atoms with E-state index in [1.807, 2.05) is 0 Å². The summed E-state index contributed by atoms with van der Waals surface area (Å²) >= 11 is 0. The number of halogens is 3. The molecule has 0 radical (unpaired) electrons. The number of hydrogen-bond acceptors (Lipinski definition) is 5. The van der Waals surface area contributed by atoms with Crippen molar-refractivity contribution in [1.82, 2.24) is 9.29 Å². The molecule has 0 amide bonds. The third kappa shape index (κ3) is 4.18. The predicted octanol–water partition coefficient (Wildman–Crippen LogP) is 3.74. The van der Waals surface area contributed by atoms with E-state index >= 15 is 0 Å². The number of rotatable bonds is 5. The van der Waals surface area contributed by atoms with Crippen LogP contribution < -0.4 is 9.47 Å². The second kappa shape index (κ2) is 7.49. The summed E-state index contributed by atoms with van der Waals surface area (Å²) in [5, 5.41) is 0. The molecular formula is C19H19F3N2O4S. The zero-order valence-corrected chi connectivity index (χ0v) is 16.1. The van der Waals surface area contributed by atoms with Crippen molar-refractivity contribution in [3.63, 3.8) is 0 Å². The van der Waals surface area contributed by atoms with Crippen molar-refractivity contribution >= 4 is 10.0 Å². The number of benzene rings is 1. The summed E-state index contributed by atoms with van der Waals surface area (Å²) in [5.74, 6) is -0.247. The van der Waals surface area contributed by atoms with Gasteiger partial charge in [-0.3, -0.25) is 0 Å². The third-order valence-electron chi connectivity index (χ3n) is 5.18. The molecule has 0 N–H and O–H groups in total. The molecule has 2 fully saturated rings. The minimum Gasteiger partial charge on any atom is -0.474 e. The first-order valence-electron chi connectivity index (χ1n) is 9.20. The van der Waals surface area contributed by atoms with Gasteiger partial charge in [0.05, 0.1) is 0 Å². The van der Waals surface area contributed by atoms with Crippen LogP contribution in [0.5, 0.6) is 11.6 Å². The van der Waals surface area contributed by atoms with E-state index in [9.17, 15) is 21.6 Å². The van der Waals surface area contributed by atoms with Crippen molar-refractivity contribution in [3.8, 4) is 11.6 Å². The second-order valence-corrected chi connectivity index (χ2v) is 8.91. The zero-order valence-electron chi connectivity index (χ0n) is 15.2. The van der Waals surface area contributed by atoms with E-state index in [4.69, 9.17) is 4.74 Å². The quantitative estimate of drug-likeness (QED) is 0.726. The standard InChI is InChI=1S/C19H19F3N2O4S/c20-19(21,22)28-16-5-1-2-6-17(16)29(25,26)24-13-8-9-14(24)12-15(11-13)27-18-7-3-4-10-23-18/h1-7,10,13-15H,8-9,11-12H2. The molecule has 2 saturated heterocycles. The maximum atomic E-state index is 13.2. The number of ether oxygens (including phenoxy) is 2. The average molecular weight is 428 g/mol. The van der Waals surface area contributed by atoms with Gasteiger partial charge in [-0.05, 0) is 31.0 Å². The van der Waals surface area contributed by atoms with Crippen molar-refractivity contribution in [3.05, 3.63) is 48.7 Å². The molecule has 3 heterocycles. The van der Waals surface area contributed by atoms with E-state index in [-0.39, 0.29) is 18.2 Å². The third-order valence-corrected chi connectivity index (χ3v) is 7.22. The van der Waals surface area contributed by atoms with E-state index < -0.39 is 27.0 Å². The lowest BCUT2D eigenvalue weighted by Crippen LogP contribution is -2.49. The fourth-order valence-corrected chi connectivity index (χ4v) is 6.16. The molecule has 0 saturated carbocycles. The van der Waals surface area contributed by atoms with E-state index in [1.165, 1.54) is 16.4 Å². The maximum absolute atomic E-state index is 13.2. The zero-order chi connectivity index (χ0) is 20.6. The molecule has 1 aromatic heterocycles. The van der Waals surface area contributed by atoms with Crippen molar-refractivity contribution in [2.75, 3.05) is 0 Å². The highest BCUT2D eigenvalue weighted by Crippen LogP contribution is 2.42. The molecule has 156 valence electrons. The molecule has 6 nitrogen and oxygen atoms in total. The summed E-state index contributed by atoms with van der Waals surface area (Å²) in [6, 6.07) is 9.47. The SMILES string of the molecule is O=S(=O)(c1ccccc1OC(F)(F)F)N1C2CCC1CC(Oc1ccccn1)C2. The molecule has 2 aromatic rings. The van der Waals surface area contributed by atoms with Crippen LogP contribution in [0.25, 0.3) is 0 Å². The Hall–Kier alpha value is -2.33. The lowest BCUT2D eigenvalue weighted by Gasteiger charge is -2.37. The van der Waals surface area contributed by atoms with Gasteiger partial charge in [-0.2, -0.15) is 4.31 Å². The monoisotopic (exact) mass is 428 g/mol. The Morgan fingerprint density at radius 1 is 1.00 bits per heavy atom. The summed E-state index contributed by atoms with van der Waals surface area (Å²) in [6.07, 6.45) is -1.39. The Bertz CT molecular complexity index is 955. The smallest absolute Gasteiger partial charge is 0.474 e. The number of piperidine rings is 1. The summed E-state index contributed by atoms with van der Waals surface area (Å²) in [5.41, 5.74) is 0. The van der Waals surface area contributed by atoms with Gasteiger partial charge in [0.15, 0.2) is 0 Å².